The molecule has 0 aliphatic carbocycles. The van der Waals surface area contributed by atoms with Crippen molar-refractivity contribution in [3.8, 4) is 5.75 Å². The van der Waals surface area contributed by atoms with E-state index in [0.717, 1.165) is 0 Å². The molecule has 0 fully saturated rings. The molecule has 1 unspecified atom stereocenters. The first-order valence-corrected chi connectivity index (χ1v) is 12.0. The van der Waals surface area contributed by atoms with E-state index in [9.17, 15) is 13.2 Å². The Bertz CT molecular complexity index is 1010. The summed E-state index contributed by atoms with van der Waals surface area (Å²) in [5.41, 5.74) is 0.961. The number of rotatable bonds is 8. The summed E-state index contributed by atoms with van der Waals surface area (Å²) < 4.78 is 33.3. The summed E-state index contributed by atoms with van der Waals surface area (Å²) >= 11 is 8.55. The number of sulfonamides is 1. The van der Waals surface area contributed by atoms with Crippen molar-refractivity contribution in [1.82, 2.24) is 10.0 Å². The highest BCUT2D eigenvalue weighted by Crippen LogP contribution is 2.26. The standard InChI is InChI=1S/C20H24BrN3O4S2/c1-4-13(3)24-30(26,27)16-9-7-15(8-10-16)22-20(29)23-19(25)14-6-11-18(28-5-2)17(21)12-14/h6-13,24H,4-5H2,1-3H3,(H2,22,23,25,29). The van der Waals surface area contributed by atoms with Gasteiger partial charge in [0.2, 0.25) is 10.0 Å². The summed E-state index contributed by atoms with van der Waals surface area (Å²) in [6.45, 7) is 6.10. The monoisotopic (exact) mass is 513 g/mol. The van der Waals surface area contributed by atoms with E-state index in [1.54, 1.807) is 37.3 Å². The fourth-order valence-corrected chi connectivity index (χ4v) is 4.42. The van der Waals surface area contributed by atoms with Crippen LogP contribution in [-0.4, -0.2) is 32.1 Å². The number of thiocarbonyl (C=S) groups is 1. The zero-order valence-electron chi connectivity index (χ0n) is 16.9. The summed E-state index contributed by atoms with van der Waals surface area (Å²) in [4.78, 5) is 12.6. The molecule has 30 heavy (non-hydrogen) atoms. The van der Waals surface area contributed by atoms with Crippen LogP contribution in [0.2, 0.25) is 0 Å². The van der Waals surface area contributed by atoms with Gasteiger partial charge in [-0.2, -0.15) is 0 Å². The van der Waals surface area contributed by atoms with Gasteiger partial charge in [-0.15, -0.1) is 0 Å². The Morgan fingerprint density at radius 1 is 1.17 bits per heavy atom. The quantitative estimate of drug-likeness (QED) is 0.460. The van der Waals surface area contributed by atoms with Gasteiger partial charge in [0.1, 0.15) is 5.75 Å². The Balaban J connectivity index is 1.99. The van der Waals surface area contributed by atoms with Crippen molar-refractivity contribution in [2.45, 2.75) is 38.1 Å². The molecule has 0 aliphatic rings. The van der Waals surface area contributed by atoms with E-state index in [1.165, 1.54) is 12.1 Å². The molecular formula is C20H24BrN3O4S2. The van der Waals surface area contributed by atoms with E-state index in [-0.39, 0.29) is 22.0 Å². The normalized spacial score (nSPS) is 12.1. The third kappa shape index (κ3) is 6.76. The lowest BCUT2D eigenvalue weighted by Crippen LogP contribution is -2.34. The van der Waals surface area contributed by atoms with Gasteiger partial charge >= 0.3 is 0 Å². The van der Waals surface area contributed by atoms with E-state index < -0.39 is 10.0 Å². The summed E-state index contributed by atoms with van der Waals surface area (Å²) in [5, 5.41) is 5.55. The topological polar surface area (TPSA) is 96.5 Å². The van der Waals surface area contributed by atoms with Crippen LogP contribution in [0.25, 0.3) is 0 Å². The van der Waals surface area contributed by atoms with Crippen molar-refractivity contribution in [3.63, 3.8) is 0 Å². The fourth-order valence-electron chi connectivity index (χ4n) is 2.39. The number of hydrogen-bond donors (Lipinski definition) is 3. The van der Waals surface area contributed by atoms with Crippen LogP contribution in [0.5, 0.6) is 5.75 Å². The number of ether oxygens (including phenoxy) is 1. The second kappa shape index (κ2) is 10.9. The summed E-state index contributed by atoms with van der Waals surface area (Å²) in [7, 11) is -3.58. The third-order valence-electron chi connectivity index (χ3n) is 4.11. The number of carbonyl (C=O) groups excluding carboxylic acids is 1. The number of nitrogens with one attached hydrogen (secondary N) is 3. The molecule has 0 saturated carbocycles. The molecule has 2 aromatic rings. The van der Waals surface area contributed by atoms with E-state index in [2.05, 4.69) is 31.3 Å². The van der Waals surface area contributed by atoms with Crippen molar-refractivity contribution in [1.29, 1.82) is 0 Å². The van der Waals surface area contributed by atoms with E-state index in [4.69, 9.17) is 17.0 Å². The van der Waals surface area contributed by atoms with Gasteiger partial charge < -0.3 is 10.1 Å². The highest BCUT2D eigenvalue weighted by atomic mass is 79.9. The molecule has 0 bridgehead atoms. The molecule has 3 N–H and O–H groups in total. The number of hydrogen-bond acceptors (Lipinski definition) is 5. The summed E-state index contributed by atoms with van der Waals surface area (Å²) in [5.74, 6) is 0.265. The zero-order valence-corrected chi connectivity index (χ0v) is 20.1. The first kappa shape index (κ1) is 24.3. The minimum Gasteiger partial charge on any atom is -0.493 e. The van der Waals surface area contributed by atoms with E-state index in [0.29, 0.717) is 34.5 Å². The SMILES string of the molecule is CCOc1ccc(C(=O)NC(=S)Nc2ccc(S(=O)(=O)NC(C)CC)cc2)cc1Br. The molecule has 0 saturated heterocycles. The maximum atomic E-state index is 12.4. The van der Waals surface area contributed by atoms with Crippen LogP contribution >= 0.6 is 28.1 Å². The molecule has 10 heteroatoms. The first-order valence-electron chi connectivity index (χ1n) is 9.33. The smallest absolute Gasteiger partial charge is 0.257 e. The molecule has 1 atom stereocenters. The van der Waals surface area contributed by atoms with Gasteiger partial charge in [-0.3, -0.25) is 10.1 Å². The maximum Gasteiger partial charge on any atom is 0.257 e. The van der Waals surface area contributed by atoms with Crippen molar-refractivity contribution in [2.24, 2.45) is 0 Å². The Labute approximate surface area is 190 Å². The molecule has 0 radical (unpaired) electrons. The number of benzene rings is 2. The van der Waals surface area contributed by atoms with Crippen LogP contribution < -0.4 is 20.1 Å². The molecule has 2 aromatic carbocycles. The summed E-state index contributed by atoms with van der Waals surface area (Å²) in [6, 6.07) is 10.9. The lowest BCUT2D eigenvalue weighted by Gasteiger charge is -2.13. The number of carbonyl (C=O) groups is 1. The first-order chi connectivity index (χ1) is 14.2. The second-order valence-electron chi connectivity index (χ2n) is 6.44. The lowest BCUT2D eigenvalue weighted by atomic mass is 10.2. The van der Waals surface area contributed by atoms with Gasteiger partial charge in [-0.05, 0) is 90.9 Å². The molecule has 0 aromatic heterocycles. The average molecular weight is 514 g/mol. The number of anilines is 1. The predicted molar refractivity (Wildman–Crippen MR) is 126 cm³/mol. The highest BCUT2D eigenvalue weighted by Gasteiger charge is 2.16. The molecule has 1 amide bonds. The number of halogens is 1. The summed E-state index contributed by atoms with van der Waals surface area (Å²) in [6.07, 6.45) is 0.692. The molecule has 0 heterocycles. The van der Waals surface area contributed by atoms with Crippen LogP contribution in [0, 0.1) is 0 Å². The van der Waals surface area contributed by atoms with Gasteiger partial charge in [0, 0.05) is 17.3 Å². The van der Waals surface area contributed by atoms with E-state index in [1.807, 2.05) is 13.8 Å². The molecule has 0 aliphatic heterocycles. The van der Waals surface area contributed by atoms with Gasteiger partial charge in [-0.25, -0.2) is 13.1 Å². The molecule has 2 rings (SSSR count). The molecule has 162 valence electrons. The van der Waals surface area contributed by atoms with Crippen molar-refractivity contribution >= 4 is 54.9 Å². The van der Waals surface area contributed by atoms with Gasteiger partial charge in [0.25, 0.3) is 5.91 Å². The maximum absolute atomic E-state index is 12.4. The zero-order chi connectivity index (χ0) is 22.3. The van der Waals surface area contributed by atoms with E-state index >= 15 is 0 Å². The molecular weight excluding hydrogens is 490 g/mol. The second-order valence-corrected chi connectivity index (χ2v) is 9.42. The van der Waals surface area contributed by atoms with Crippen LogP contribution in [0.4, 0.5) is 5.69 Å². The lowest BCUT2D eigenvalue weighted by molar-refractivity contribution is 0.0977. The molecule has 7 nitrogen and oxygen atoms in total. The largest absolute Gasteiger partial charge is 0.493 e. The minimum atomic E-state index is -3.58. The predicted octanol–water partition coefficient (Wildman–Crippen LogP) is 4.05. The fraction of sp³-hybridized carbons (Fsp3) is 0.300. The van der Waals surface area contributed by atoms with Crippen LogP contribution in [-0.2, 0) is 10.0 Å². The minimum absolute atomic E-state index is 0.0957. The van der Waals surface area contributed by atoms with Gasteiger partial charge in [0.15, 0.2) is 5.11 Å². The van der Waals surface area contributed by atoms with Crippen LogP contribution in [0.15, 0.2) is 51.8 Å². The average Bonchev–Trinajstić information content (AvgIpc) is 2.69. The number of amides is 1. The Morgan fingerprint density at radius 2 is 1.83 bits per heavy atom. The Hall–Kier alpha value is -2.01. The Morgan fingerprint density at radius 3 is 2.40 bits per heavy atom. The third-order valence-corrected chi connectivity index (χ3v) is 6.54. The van der Waals surface area contributed by atoms with Crippen molar-refractivity contribution in [3.05, 3.63) is 52.5 Å². The highest BCUT2D eigenvalue weighted by molar-refractivity contribution is 9.10. The van der Waals surface area contributed by atoms with Crippen LogP contribution in [0.3, 0.4) is 0 Å². The van der Waals surface area contributed by atoms with Crippen LogP contribution in [0.1, 0.15) is 37.6 Å². The Kier molecular flexibility index (Phi) is 8.78. The van der Waals surface area contributed by atoms with Gasteiger partial charge in [0.05, 0.1) is 16.0 Å². The molecule has 0 spiro atoms. The van der Waals surface area contributed by atoms with Crippen molar-refractivity contribution < 1.29 is 17.9 Å². The van der Waals surface area contributed by atoms with Gasteiger partial charge in [-0.1, -0.05) is 6.92 Å². The van der Waals surface area contributed by atoms with Crippen molar-refractivity contribution in [2.75, 3.05) is 11.9 Å².